The Kier molecular flexibility index (Phi) is 12.4. The number of anilines is 1. The molecule has 0 unspecified atom stereocenters. The minimum atomic E-state index is -4.31. The van der Waals surface area contributed by atoms with Crippen LogP contribution in [0.2, 0.25) is 0 Å². The highest BCUT2D eigenvalue weighted by atomic mass is 79.9. The second-order valence-electron chi connectivity index (χ2n) is 11.0. The molecule has 1 N–H and O–H groups in total. The molecule has 2 amide bonds. The van der Waals surface area contributed by atoms with Gasteiger partial charge in [-0.1, -0.05) is 83.0 Å². The van der Waals surface area contributed by atoms with E-state index < -0.39 is 28.5 Å². The van der Waals surface area contributed by atoms with Crippen molar-refractivity contribution in [3.63, 3.8) is 0 Å². The van der Waals surface area contributed by atoms with Crippen molar-refractivity contribution in [3.05, 3.63) is 118 Å². The molecule has 0 aliphatic heterocycles. The topological polar surface area (TPSA) is 105 Å². The Morgan fingerprint density at radius 1 is 0.872 bits per heavy atom. The van der Waals surface area contributed by atoms with Crippen LogP contribution in [0.1, 0.15) is 30.0 Å². The van der Waals surface area contributed by atoms with Crippen molar-refractivity contribution in [2.45, 2.75) is 44.2 Å². The molecule has 4 aromatic rings. The SMILES string of the molecule is CCCNC(=O)[C@H](Cc1ccccc1)N(Cc1cccc(Br)c1)C(=O)CN(c1cc(OC)ccc1OC)S(=O)(=O)c1ccc(C)cc1. The molecule has 11 heteroatoms. The number of nitrogens with zero attached hydrogens (tertiary/aromatic N) is 2. The van der Waals surface area contributed by atoms with E-state index in [1.807, 2.05) is 68.4 Å². The maximum absolute atomic E-state index is 14.7. The number of nitrogens with one attached hydrogen (secondary N) is 1. The lowest BCUT2D eigenvalue weighted by Crippen LogP contribution is -2.53. The number of amides is 2. The summed E-state index contributed by atoms with van der Waals surface area (Å²) in [5.41, 5.74) is 2.63. The molecule has 0 fully saturated rings. The van der Waals surface area contributed by atoms with Crippen LogP contribution in [0.5, 0.6) is 11.5 Å². The van der Waals surface area contributed by atoms with E-state index in [1.165, 1.54) is 37.3 Å². The monoisotopic (exact) mass is 721 g/mol. The van der Waals surface area contributed by atoms with Gasteiger partial charge >= 0.3 is 0 Å². The van der Waals surface area contributed by atoms with Gasteiger partial charge in [-0.3, -0.25) is 13.9 Å². The standard InChI is InChI=1S/C36H40BrN3O6S/c1-5-20-38-36(42)33(22-27-10-7-6-8-11-27)39(24-28-12-9-13-29(37)21-28)35(41)25-40(32-23-30(45-3)16-19-34(32)46-4)47(43,44)31-17-14-26(2)15-18-31/h6-19,21,23,33H,5,20,22,24-25H2,1-4H3,(H,38,42)/t33-/m0/s1. The van der Waals surface area contributed by atoms with Crippen LogP contribution in [-0.4, -0.2) is 58.5 Å². The van der Waals surface area contributed by atoms with Gasteiger partial charge in [0.25, 0.3) is 10.0 Å². The van der Waals surface area contributed by atoms with Gasteiger partial charge in [-0.15, -0.1) is 0 Å². The first kappa shape index (κ1) is 35.5. The third-order valence-electron chi connectivity index (χ3n) is 7.60. The number of hydrogen-bond donors (Lipinski definition) is 1. The van der Waals surface area contributed by atoms with E-state index in [-0.39, 0.29) is 35.2 Å². The zero-order chi connectivity index (χ0) is 34.0. The van der Waals surface area contributed by atoms with E-state index in [0.29, 0.717) is 18.7 Å². The molecule has 0 saturated heterocycles. The van der Waals surface area contributed by atoms with Crippen LogP contribution in [0, 0.1) is 6.92 Å². The fraction of sp³-hybridized carbons (Fsp3) is 0.278. The number of halogens is 1. The fourth-order valence-corrected chi connectivity index (χ4v) is 6.96. The van der Waals surface area contributed by atoms with Gasteiger partial charge in [-0.25, -0.2) is 8.42 Å². The first-order valence-corrected chi connectivity index (χ1v) is 17.5. The highest BCUT2D eigenvalue weighted by Crippen LogP contribution is 2.36. The molecular formula is C36H40BrN3O6S. The highest BCUT2D eigenvalue weighted by molar-refractivity contribution is 9.10. The van der Waals surface area contributed by atoms with Gasteiger partial charge in [0.2, 0.25) is 11.8 Å². The predicted octanol–water partition coefficient (Wildman–Crippen LogP) is 6.14. The summed E-state index contributed by atoms with van der Waals surface area (Å²) >= 11 is 3.50. The Balaban J connectivity index is 1.86. The third kappa shape index (κ3) is 9.14. The van der Waals surface area contributed by atoms with Gasteiger partial charge in [0.05, 0.1) is 24.8 Å². The van der Waals surface area contributed by atoms with Crippen LogP contribution >= 0.6 is 15.9 Å². The van der Waals surface area contributed by atoms with Crippen molar-refractivity contribution >= 4 is 43.5 Å². The van der Waals surface area contributed by atoms with Gasteiger partial charge in [-0.2, -0.15) is 0 Å². The summed E-state index contributed by atoms with van der Waals surface area (Å²) in [4.78, 5) is 29.9. The van der Waals surface area contributed by atoms with Crippen LogP contribution in [0.25, 0.3) is 0 Å². The van der Waals surface area contributed by atoms with E-state index in [2.05, 4.69) is 21.2 Å². The highest BCUT2D eigenvalue weighted by Gasteiger charge is 2.35. The number of methoxy groups -OCH3 is 2. The van der Waals surface area contributed by atoms with E-state index >= 15 is 0 Å². The first-order chi connectivity index (χ1) is 22.6. The lowest BCUT2D eigenvalue weighted by Gasteiger charge is -2.34. The number of carbonyl (C=O) groups excluding carboxylic acids is 2. The molecule has 0 aliphatic carbocycles. The third-order valence-corrected chi connectivity index (χ3v) is 9.87. The van der Waals surface area contributed by atoms with Crippen molar-refractivity contribution in [2.24, 2.45) is 0 Å². The minimum absolute atomic E-state index is 0.000775. The largest absolute Gasteiger partial charge is 0.497 e. The summed E-state index contributed by atoms with van der Waals surface area (Å²) in [5, 5.41) is 2.95. The van der Waals surface area contributed by atoms with Crippen LogP contribution in [0.3, 0.4) is 0 Å². The number of aryl methyl sites for hydroxylation is 1. The van der Waals surface area contributed by atoms with Gasteiger partial charge < -0.3 is 19.7 Å². The summed E-state index contributed by atoms with van der Waals surface area (Å²) in [6.07, 6.45) is 0.935. The molecule has 0 aromatic heterocycles. The summed E-state index contributed by atoms with van der Waals surface area (Å²) in [6.45, 7) is 3.69. The summed E-state index contributed by atoms with van der Waals surface area (Å²) in [7, 11) is -1.41. The van der Waals surface area contributed by atoms with Crippen molar-refractivity contribution in [3.8, 4) is 11.5 Å². The molecule has 1 atom stereocenters. The number of sulfonamides is 1. The fourth-order valence-electron chi connectivity index (χ4n) is 5.09. The Labute approximate surface area is 285 Å². The van der Waals surface area contributed by atoms with Crippen LogP contribution in [-0.2, 0) is 32.6 Å². The molecular weight excluding hydrogens is 682 g/mol. The average molecular weight is 723 g/mol. The quantitative estimate of drug-likeness (QED) is 0.158. The lowest BCUT2D eigenvalue weighted by molar-refractivity contribution is -0.140. The summed E-state index contributed by atoms with van der Waals surface area (Å²) in [6, 6.07) is 27.1. The molecule has 0 aliphatic rings. The molecule has 9 nitrogen and oxygen atoms in total. The van der Waals surface area contributed by atoms with Crippen molar-refractivity contribution in [1.82, 2.24) is 10.2 Å². The molecule has 4 aromatic carbocycles. The van der Waals surface area contributed by atoms with Crippen LogP contribution < -0.4 is 19.1 Å². The van der Waals surface area contributed by atoms with E-state index in [4.69, 9.17) is 9.47 Å². The van der Waals surface area contributed by atoms with E-state index in [0.717, 1.165) is 25.5 Å². The zero-order valence-corrected chi connectivity index (χ0v) is 29.4. The number of hydrogen-bond acceptors (Lipinski definition) is 6. The Hall–Kier alpha value is -4.35. The maximum atomic E-state index is 14.7. The zero-order valence-electron chi connectivity index (χ0n) is 27.0. The molecule has 0 bridgehead atoms. The summed E-state index contributed by atoms with van der Waals surface area (Å²) in [5.74, 6) is -0.289. The first-order valence-electron chi connectivity index (χ1n) is 15.2. The molecule has 0 radical (unpaired) electrons. The second kappa shape index (κ2) is 16.5. The molecule has 0 saturated carbocycles. The maximum Gasteiger partial charge on any atom is 0.264 e. The number of rotatable bonds is 15. The van der Waals surface area contributed by atoms with E-state index in [1.54, 1.807) is 24.3 Å². The molecule has 248 valence electrons. The Morgan fingerprint density at radius 2 is 1.57 bits per heavy atom. The van der Waals surface area contributed by atoms with Crippen LogP contribution in [0.4, 0.5) is 5.69 Å². The minimum Gasteiger partial charge on any atom is -0.497 e. The van der Waals surface area contributed by atoms with Crippen LogP contribution in [0.15, 0.2) is 106 Å². The molecule has 47 heavy (non-hydrogen) atoms. The van der Waals surface area contributed by atoms with Gasteiger partial charge in [-0.05, 0) is 60.9 Å². The number of ether oxygens (including phenoxy) is 2. The predicted molar refractivity (Wildman–Crippen MR) is 187 cm³/mol. The average Bonchev–Trinajstić information content (AvgIpc) is 3.07. The summed E-state index contributed by atoms with van der Waals surface area (Å²) < 4.78 is 41.6. The number of benzene rings is 4. The van der Waals surface area contributed by atoms with Crippen molar-refractivity contribution in [1.29, 1.82) is 0 Å². The van der Waals surface area contributed by atoms with Gasteiger partial charge in [0.15, 0.2) is 0 Å². The van der Waals surface area contributed by atoms with E-state index in [9.17, 15) is 18.0 Å². The second-order valence-corrected chi connectivity index (χ2v) is 13.8. The smallest absolute Gasteiger partial charge is 0.264 e. The molecule has 4 rings (SSSR count). The molecule has 0 spiro atoms. The molecule has 0 heterocycles. The van der Waals surface area contributed by atoms with Gasteiger partial charge in [0.1, 0.15) is 24.1 Å². The Bertz CT molecular complexity index is 1770. The Morgan fingerprint density at radius 3 is 2.21 bits per heavy atom. The lowest BCUT2D eigenvalue weighted by atomic mass is 10.0. The van der Waals surface area contributed by atoms with Gasteiger partial charge in [0, 0.05) is 30.0 Å². The number of carbonyl (C=O) groups is 2. The van der Waals surface area contributed by atoms with Crippen molar-refractivity contribution in [2.75, 3.05) is 31.6 Å². The normalized spacial score (nSPS) is 11.8. The van der Waals surface area contributed by atoms with Crippen molar-refractivity contribution < 1.29 is 27.5 Å².